The van der Waals surface area contributed by atoms with Crippen LogP contribution in [0, 0.1) is 10.1 Å². The molecule has 1 aromatic carbocycles. The maximum atomic E-state index is 10.9. The van der Waals surface area contributed by atoms with Crippen molar-refractivity contribution in [1.29, 1.82) is 0 Å². The summed E-state index contributed by atoms with van der Waals surface area (Å²) < 4.78 is 1.44. The zero-order valence-corrected chi connectivity index (χ0v) is 11.1. The second kappa shape index (κ2) is 4.93. The SMILES string of the molecule is Cn1cc([N+](=O)[O-])c(NCc2ccc3c(c2)CNC3)n1. The highest BCUT2D eigenvalue weighted by Crippen LogP contribution is 2.23. The summed E-state index contributed by atoms with van der Waals surface area (Å²) in [5, 5.41) is 21.3. The third-order valence-corrected chi connectivity index (χ3v) is 3.37. The first kappa shape index (κ1) is 12.6. The van der Waals surface area contributed by atoms with E-state index in [1.54, 1.807) is 7.05 Å². The fourth-order valence-corrected chi connectivity index (χ4v) is 2.38. The number of benzene rings is 1. The fourth-order valence-electron chi connectivity index (χ4n) is 2.38. The summed E-state index contributed by atoms with van der Waals surface area (Å²) in [7, 11) is 1.67. The number of nitrogens with zero attached hydrogens (tertiary/aromatic N) is 3. The zero-order chi connectivity index (χ0) is 14.1. The highest BCUT2D eigenvalue weighted by molar-refractivity contribution is 5.54. The summed E-state index contributed by atoms with van der Waals surface area (Å²) in [6, 6.07) is 6.25. The van der Waals surface area contributed by atoms with Crippen molar-refractivity contribution < 1.29 is 4.92 Å². The van der Waals surface area contributed by atoms with Crippen LogP contribution >= 0.6 is 0 Å². The molecule has 2 N–H and O–H groups in total. The van der Waals surface area contributed by atoms with Crippen LogP contribution in [0.3, 0.4) is 0 Å². The van der Waals surface area contributed by atoms with Gasteiger partial charge < -0.3 is 10.6 Å². The molecule has 2 heterocycles. The summed E-state index contributed by atoms with van der Waals surface area (Å²) in [5.41, 5.74) is 3.69. The van der Waals surface area contributed by atoms with Crippen molar-refractivity contribution in [1.82, 2.24) is 15.1 Å². The molecule has 2 aromatic rings. The number of nitro groups is 1. The number of aromatic nitrogens is 2. The number of aryl methyl sites for hydroxylation is 1. The highest BCUT2D eigenvalue weighted by atomic mass is 16.6. The van der Waals surface area contributed by atoms with Gasteiger partial charge >= 0.3 is 5.69 Å². The predicted molar refractivity (Wildman–Crippen MR) is 74.2 cm³/mol. The van der Waals surface area contributed by atoms with Gasteiger partial charge in [-0.3, -0.25) is 14.8 Å². The van der Waals surface area contributed by atoms with Gasteiger partial charge in [-0.1, -0.05) is 18.2 Å². The second-order valence-corrected chi connectivity index (χ2v) is 4.85. The first-order chi connectivity index (χ1) is 9.63. The Morgan fingerprint density at radius 1 is 1.45 bits per heavy atom. The quantitative estimate of drug-likeness (QED) is 0.652. The van der Waals surface area contributed by atoms with Crippen LogP contribution in [-0.4, -0.2) is 14.7 Å². The van der Waals surface area contributed by atoms with Crippen molar-refractivity contribution in [3.05, 3.63) is 51.2 Å². The highest BCUT2D eigenvalue weighted by Gasteiger charge is 2.18. The summed E-state index contributed by atoms with van der Waals surface area (Å²) >= 11 is 0. The average molecular weight is 273 g/mol. The van der Waals surface area contributed by atoms with E-state index < -0.39 is 4.92 Å². The molecule has 0 spiro atoms. The minimum absolute atomic E-state index is 0.00433. The van der Waals surface area contributed by atoms with Crippen LogP contribution in [0.5, 0.6) is 0 Å². The molecule has 0 radical (unpaired) electrons. The van der Waals surface area contributed by atoms with Crippen molar-refractivity contribution in [2.24, 2.45) is 7.05 Å². The van der Waals surface area contributed by atoms with E-state index in [0.29, 0.717) is 12.4 Å². The molecule has 3 rings (SSSR count). The first-order valence-corrected chi connectivity index (χ1v) is 6.37. The molecule has 0 unspecified atom stereocenters. The summed E-state index contributed by atoms with van der Waals surface area (Å²) in [5.74, 6) is 0.302. The summed E-state index contributed by atoms with van der Waals surface area (Å²) in [6.45, 7) is 2.31. The monoisotopic (exact) mass is 273 g/mol. The lowest BCUT2D eigenvalue weighted by Crippen LogP contribution is -2.03. The van der Waals surface area contributed by atoms with E-state index in [4.69, 9.17) is 0 Å². The van der Waals surface area contributed by atoms with Crippen LogP contribution < -0.4 is 10.6 Å². The van der Waals surface area contributed by atoms with Crippen molar-refractivity contribution in [3.63, 3.8) is 0 Å². The normalized spacial score (nSPS) is 13.2. The molecule has 20 heavy (non-hydrogen) atoms. The fraction of sp³-hybridized carbons (Fsp3) is 0.308. The van der Waals surface area contributed by atoms with Gasteiger partial charge in [0.25, 0.3) is 0 Å². The van der Waals surface area contributed by atoms with E-state index in [9.17, 15) is 10.1 Å². The van der Waals surface area contributed by atoms with Crippen molar-refractivity contribution in [2.45, 2.75) is 19.6 Å². The van der Waals surface area contributed by atoms with Gasteiger partial charge in [0.05, 0.1) is 4.92 Å². The standard InChI is InChI=1S/C13H15N5O2/c1-17-8-12(18(19)20)13(16-17)15-5-9-2-3-10-6-14-7-11(10)4-9/h2-4,8,14H,5-7H2,1H3,(H,15,16). The van der Waals surface area contributed by atoms with Crippen molar-refractivity contribution in [3.8, 4) is 0 Å². The third-order valence-electron chi connectivity index (χ3n) is 3.37. The Balaban J connectivity index is 1.75. The third kappa shape index (κ3) is 2.35. The molecule has 0 aliphatic carbocycles. The number of fused-ring (bicyclic) bond motifs is 1. The Morgan fingerprint density at radius 3 is 3.05 bits per heavy atom. The van der Waals surface area contributed by atoms with Crippen LogP contribution in [0.2, 0.25) is 0 Å². The number of anilines is 1. The number of hydrogen-bond acceptors (Lipinski definition) is 5. The molecule has 0 fully saturated rings. The largest absolute Gasteiger partial charge is 0.359 e. The minimum atomic E-state index is -0.429. The Labute approximate surface area is 115 Å². The summed E-state index contributed by atoms with van der Waals surface area (Å²) in [6.07, 6.45) is 1.40. The van der Waals surface area contributed by atoms with E-state index in [2.05, 4.69) is 27.9 Å². The lowest BCUT2D eigenvalue weighted by atomic mass is 10.1. The number of rotatable bonds is 4. The van der Waals surface area contributed by atoms with Gasteiger partial charge in [0.2, 0.25) is 5.82 Å². The van der Waals surface area contributed by atoms with Gasteiger partial charge in [0.15, 0.2) is 0 Å². The molecule has 104 valence electrons. The van der Waals surface area contributed by atoms with Crippen LogP contribution in [0.15, 0.2) is 24.4 Å². The van der Waals surface area contributed by atoms with Crippen LogP contribution in [0.25, 0.3) is 0 Å². The Morgan fingerprint density at radius 2 is 2.25 bits per heavy atom. The molecular formula is C13H15N5O2. The Hall–Kier alpha value is -2.41. The topological polar surface area (TPSA) is 85.0 Å². The molecular weight excluding hydrogens is 258 g/mol. The molecule has 7 nitrogen and oxygen atoms in total. The van der Waals surface area contributed by atoms with Gasteiger partial charge in [-0.15, -0.1) is 5.10 Å². The lowest BCUT2D eigenvalue weighted by molar-refractivity contribution is -0.384. The molecule has 1 aliphatic heterocycles. The Bertz CT molecular complexity index is 665. The van der Waals surface area contributed by atoms with E-state index in [0.717, 1.165) is 18.7 Å². The molecule has 0 amide bonds. The van der Waals surface area contributed by atoms with Gasteiger partial charge in [0.1, 0.15) is 6.20 Å². The van der Waals surface area contributed by atoms with Gasteiger partial charge in [-0.05, 0) is 16.7 Å². The average Bonchev–Trinajstić information content (AvgIpc) is 3.01. The molecule has 1 aromatic heterocycles. The van der Waals surface area contributed by atoms with Crippen LogP contribution in [-0.2, 0) is 26.7 Å². The molecule has 0 bridgehead atoms. The van der Waals surface area contributed by atoms with Crippen molar-refractivity contribution in [2.75, 3.05) is 5.32 Å². The predicted octanol–water partition coefficient (Wildman–Crippen LogP) is 1.54. The van der Waals surface area contributed by atoms with E-state index in [-0.39, 0.29) is 5.69 Å². The smallest absolute Gasteiger partial charge is 0.330 e. The van der Waals surface area contributed by atoms with Crippen molar-refractivity contribution >= 4 is 11.5 Å². The minimum Gasteiger partial charge on any atom is -0.359 e. The summed E-state index contributed by atoms with van der Waals surface area (Å²) in [4.78, 5) is 10.5. The van der Waals surface area contributed by atoms with Crippen LogP contribution in [0.1, 0.15) is 16.7 Å². The first-order valence-electron chi connectivity index (χ1n) is 6.37. The number of hydrogen-bond donors (Lipinski definition) is 2. The van der Waals surface area contributed by atoms with E-state index in [1.807, 2.05) is 6.07 Å². The van der Waals surface area contributed by atoms with Gasteiger partial charge in [-0.25, -0.2) is 0 Å². The second-order valence-electron chi connectivity index (χ2n) is 4.85. The van der Waals surface area contributed by atoms with Gasteiger partial charge in [0, 0.05) is 26.7 Å². The lowest BCUT2D eigenvalue weighted by Gasteiger charge is -2.05. The zero-order valence-electron chi connectivity index (χ0n) is 11.1. The Kier molecular flexibility index (Phi) is 3.11. The molecule has 0 saturated carbocycles. The maximum Gasteiger partial charge on any atom is 0.330 e. The van der Waals surface area contributed by atoms with E-state index in [1.165, 1.54) is 22.0 Å². The van der Waals surface area contributed by atoms with E-state index >= 15 is 0 Å². The van der Waals surface area contributed by atoms with Gasteiger partial charge in [-0.2, -0.15) is 0 Å². The maximum absolute atomic E-state index is 10.9. The molecule has 0 atom stereocenters. The van der Waals surface area contributed by atoms with Crippen LogP contribution in [0.4, 0.5) is 11.5 Å². The molecule has 7 heteroatoms. The number of nitrogens with one attached hydrogen (secondary N) is 2. The molecule has 1 aliphatic rings. The molecule has 0 saturated heterocycles.